The first-order valence-corrected chi connectivity index (χ1v) is 10.4. The number of carbonyl (C=O) groups excluding carboxylic acids is 2. The maximum absolute atomic E-state index is 13.2. The van der Waals surface area contributed by atoms with Gasteiger partial charge in [-0.1, -0.05) is 13.8 Å². The molecule has 31 heavy (non-hydrogen) atoms. The Morgan fingerprint density at radius 3 is 2.42 bits per heavy atom. The molecule has 2 saturated heterocycles. The van der Waals surface area contributed by atoms with Gasteiger partial charge in [-0.05, 0) is 12.1 Å². The van der Waals surface area contributed by atoms with Crippen LogP contribution in [0.15, 0.2) is 24.5 Å². The number of aromatic nitrogens is 3. The molecule has 2 amide bonds. The molecule has 9 heteroatoms. The van der Waals surface area contributed by atoms with Gasteiger partial charge in [-0.2, -0.15) is 0 Å². The molecule has 4 rings (SSSR count). The van der Waals surface area contributed by atoms with Gasteiger partial charge in [-0.25, -0.2) is 0 Å². The third-order valence-electron chi connectivity index (χ3n) is 6.45. The van der Waals surface area contributed by atoms with E-state index in [-0.39, 0.29) is 29.1 Å². The van der Waals surface area contributed by atoms with E-state index < -0.39 is 0 Å². The second kappa shape index (κ2) is 7.86. The predicted octanol–water partition coefficient (Wildman–Crippen LogP) is 1.56. The van der Waals surface area contributed by atoms with E-state index in [4.69, 9.17) is 9.47 Å². The summed E-state index contributed by atoms with van der Waals surface area (Å²) in [6, 6.07) is 5.20. The normalized spacial score (nSPS) is 19.6. The van der Waals surface area contributed by atoms with Gasteiger partial charge in [0, 0.05) is 56.5 Å². The molecule has 1 spiro atoms. The first kappa shape index (κ1) is 21.1. The standard InChI is InChI=1S/C22H29N5O4/c1-14(2)20(28)26-9-17(19-24-23-13-25(19)3)22(10-26)11-27(12-22)21(29)16-7-6-15(30-4)8-18(16)31-5/h6-8,13-14,17H,9-12H2,1-5H3. The molecule has 1 aromatic heterocycles. The summed E-state index contributed by atoms with van der Waals surface area (Å²) in [6.07, 6.45) is 1.68. The lowest BCUT2D eigenvalue weighted by molar-refractivity contribution is -0.134. The molecule has 166 valence electrons. The number of aryl methyl sites for hydroxylation is 1. The van der Waals surface area contributed by atoms with Crippen molar-refractivity contribution >= 4 is 11.8 Å². The van der Waals surface area contributed by atoms with Crippen LogP contribution in [0.5, 0.6) is 11.5 Å². The van der Waals surface area contributed by atoms with Crippen LogP contribution in [0.4, 0.5) is 0 Å². The predicted molar refractivity (Wildman–Crippen MR) is 113 cm³/mol. The first-order chi connectivity index (χ1) is 14.8. The van der Waals surface area contributed by atoms with Crippen LogP contribution in [0.3, 0.4) is 0 Å². The first-order valence-electron chi connectivity index (χ1n) is 10.4. The topological polar surface area (TPSA) is 89.8 Å². The van der Waals surface area contributed by atoms with Crippen molar-refractivity contribution in [1.82, 2.24) is 24.6 Å². The number of hydrogen-bond donors (Lipinski definition) is 0. The minimum Gasteiger partial charge on any atom is -0.497 e. The Balaban J connectivity index is 1.58. The number of benzene rings is 1. The van der Waals surface area contributed by atoms with Gasteiger partial charge in [-0.15, -0.1) is 10.2 Å². The molecule has 2 aliphatic heterocycles. The molecule has 0 bridgehead atoms. The highest BCUT2D eigenvalue weighted by atomic mass is 16.5. The molecule has 2 fully saturated rings. The van der Waals surface area contributed by atoms with Gasteiger partial charge < -0.3 is 23.8 Å². The van der Waals surface area contributed by atoms with E-state index in [0.717, 1.165) is 5.82 Å². The van der Waals surface area contributed by atoms with Crippen molar-refractivity contribution in [3.63, 3.8) is 0 Å². The van der Waals surface area contributed by atoms with Crippen molar-refractivity contribution in [2.24, 2.45) is 18.4 Å². The molecule has 0 radical (unpaired) electrons. The molecular weight excluding hydrogens is 398 g/mol. The molecule has 1 unspecified atom stereocenters. The molecule has 3 heterocycles. The summed E-state index contributed by atoms with van der Waals surface area (Å²) in [5.41, 5.74) is 0.280. The van der Waals surface area contributed by atoms with E-state index in [0.29, 0.717) is 43.2 Å². The Labute approximate surface area is 181 Å². The molecule has 2 aromatic rings. The Kier molecular flexibility index (Phi) is 5.36. The number of amides is 2. The Hall–Kier alpha value is -3.10. The molecule has 1 atom stereocenters. The highest BCUT2D eigenvalue weighted by molar-refractivity contribution is 5.97. The summed E-state index contributed by atoms with van der Waals surface area (Å²) in [6.45, 7) is 6.15. The van der Waals surface area contributed by atoms with Crippen LogP contribution in [-0.2, 0) is 11.8 Å². The van der Waals surface area contributed by atoms with Gasteiger partial charge in [0.15, 0.2) is 0 Å². The number of rotatable bonds is 5. The van der Waals surface area contributed by atoms with Crippen LogP contribution in [0.2, 0.25) is 0 Å². The van der Waals surface area contributed by atoms with Gasteiger partial charge >= 0.3 is 0 Å². The lowest BCUT2D eigenvalue weighted by Crippen LogP contribution is -2.61. The molecule has 2 aliphatic rings. The number of nitrogens with zero attached hydrogens (tertiary/aromatic N) is 5. The lowest BCUT2D eigenvalue weighted by Gasteiger charge is -2.50. The number of ether oxygens (including phenoxy) is 2. The quantitative estimate of drug-likeness (QED) is 0.719. The average Bonchev–Trinajstić information content (AvgIpc) is 3.34. The van der Waals surface area contributed by atoms with Crippen molar-refractivity contribution in [1.29, 1.82) is 0 Å². The number of carbonyl (C=O) groups is 2. The summed E-state index contributed by atoms with van der Waals surface area (Å²) in [7, 11) is 5.03. The molecular formula is C22H29N5O4. The molecule has 1 aromatic carbocycles. The van der Waals surface area contributed by atoms with Crippen LogP contribution in [0, 0.1) is 11.3 Å². The largest absolute Gasteiger partial charge is 0.497 e. The molecule has 0 N–H and O–H groups in total. The van der Waals surface area contributed by atoms with Gasteiger partial charge in [0.1, 0.15) is 23.7 Å². The summed E-state index contributed by atoms with van der Waals surface area (Å²) in [5, 5.41) is 8.36. The van der Waals surface area contributed by atoms with E-state index in [1.165, 1.54) is 0 Å². The second-order valence-electron chi connectivity index (χ2n) is 8.82. The van der Waals surface area contributed by atoms with Crippen LogP contribution in [0.1, 0.15) is 35.9 Å². The Morgan fingerprint density at radius 2 is 1.84 bits per heavy atom. The zero-order chi connectivity index (χ0) is 22.3. The van der Waals surface area contributed by atoms with E-state index in [2.05, 4.69) is 10.2 Å². The van der Waals surface area contributed by atoms with E-state index >= 15 is 0 Å². The van der Waals surface area contributed by atoms with Crippen LogP contribution in [0.25, 0.3) is 0 Å². The minimum absolute atomic E-state index is 0.0320. The zero-order valence-corrected chi connectivity index (χ0v) is 18.7. The monoisotopic (exact) mass is 427 g/mol. The van der Waals surface area contributed by atoms with Crippen molar-refractivity contribution in [2.75, 3.05) is 40.4 Å². The highest BCUT2D eigenvalue weighted by Gasteiger charge is 2.58. The van der Waals surface area contributed by atoms with Crippen molar-refractivity contribution in [2.45, 2.75) is 19.8 Å². The molecule has 0 aliphatic carbocycles. The fraction of sp³-hybridized carbons (Fsp3) is 0.545. The number of likely N-dealkylation sites (tertiary alicyclic amines) is 2. The van der Waals surface area contributed by atoms with Crippen molar-refractivity contribution in [3.8, 4) is 11.5 Å². The fourth-order valence-electron chi connectivity index (χ4n) is 4.79. The van der Waals surface area contributed by atoms with Gasteiger partial charge in [0.2, 0.25) is 5.91 Å². The summed E-state index contributed by atoms with van der Waals surface area (Å²) in [4.78, 5) is 29.7. The lowest BCUT2D eigenvalue weighted by atomic mass is 9.71. The Morgan fingerprint density at radius 1 is 1.13 bits per heavy atom. The zero-order valence-electron chi connectivity index (χ0n) is 18.7. The van der Waals surface area contributed by atoms with Gasteiger partial charge in [0.05, 0.1) is 19.8 Å². The van der Waals surface area contributed by atoms with E-state index in [1.54, 1.807) is 38.7 Å². The van der Waals surface area contributed by atoms with Gasteiger partial charge in [0.25, 0.3) is 5.91 Å². The Bertz CT molecular complexity index is 996. The van der Waals surface area contributed by atoms with E-state index in [9.17, 15) is 9.59 Å². The van der Waals surface area contributed by atoms with Crippen molar-refractivity contribution < 1.29 is 19.1 Å². The summed E-state index contributed by atoms with van der Waals surface area (Å²) >= 11 is 0. The maximum Gasteiger partial charge on any atom is 0.257 e. The molecule has 9 nitrogen and oxygen atoms in total. The minimum atomic E-state index is -0.222. The maximum atomic E-state index is 13.2. The number of methoxy groups -OCH3 is 2. The third-order valence-corrected chi connectivity index (χ3v) is 6.45. The van der Waals surface area contributed by atoms with Crippen LogP contribution >= 0.6 is 0 Å². The van der Waals surface area contributed by atoms with Crippen LogP contribution in [-0.4, -0.2) is 76.8 Å². The average molecular weight is 428 g/mol. The molecule has 0 saturated carbocycles. The van der Waals surface area contributed by atoms with Gasteiger partial charge in [-0.3, -0.25) is 9.59 Å². The highest BCUT2D eigenvalue weighted by Crippen LogP contribution is 2.49. The SMILES string of the molecule is COc1ccc(C(=O)N2CC3(C2)CN(C(=O)C(C)C)CC3c2nncn2C)c(OC)c1. The number of hydrogen-bond acceptors (Lipinski definition) is 6. The summed E-state index contributed by atoms with van der Waals surface area (Å²) < 4.78 is 12.6. The summed E-state index contributed by atoms with van der Waals surface area (Å²) in [5.74, 6) is 1.98. The third kappa shape index (κ3) is 3.51. The van der Waals surface area contributed by atoms with E-state index in [1.807, 2.05) is 35.3 Å². The second-order valence-corrected chi connectivity index (χ2v) is 8.82. The smallest absolute Gasteiger partial charge is 0.257 e. The fourth-order valence-corrected chi connectivity index (χ4v) is 4.79. The van der Waals surface area contributed by atoms with Crippen molar-refractivity contribution in [3.05, 3.63) is 35.9 Å². The van der Waals surface area contributed by atoms with Crippen LogP contribution < -0.4 is 9.47 Å².